The van der Waals surface area contributed by atoms with Crippen LogP contribution >= 0.6 is 0 Å². The van der Waals surface area contributed by atoms with Gasteiger partial charge in [-0.2, -0.15) is 5.26 Å². The van der Waals surface area contributed by atoms with Gasteiger partial charge in [0.2, 0.25) is 5.91 Å². The lowest BCUT2D eigenvalue weighted by atomic mass is 9.88. The van der Waals surface area contributed by atoms with Crippen LogP contribution in [-0.4, -0.2) is 28.2 Å². The Balaban J connectivity index is 4.37. The summed E-state index contributed by atoms with van der Waals surface area (Å²) < 4.78 is 10.9. The normalized spacial score (nSPS) is 18.3. The molecule has 1 N–H and O–H groups in total. The van der Waals surface area contributed by atoms with E-state index in [-0.39, 0.29) is 11.9 Å². The molecule has 0 aromatic rings. The highest BCUT2D eigenvalue weighted by Gasteiger charge is 2.31. The van der Waals surface area contributed by atoms with Gasteiger partial charge in [0.1, 0.15) is 5.41 Å². The zero-order valence-corrected chi connectivity index (χ0v) is 10.5. The minimum absolute atomic E-state index is 0.164. The summed E-state index contributed by atoms with van der Waals surface area (Å²) >= 11 is 0. The van der Waals surface area contributed by atoms with E-state index in [2.05, 4.69) is 5.32 Å². The summed E-state index contributed by atoms with van der Waals surface area (Å²) in [7, 11) is -0.940. The standard InChI is InChI=1S/C10H18N2O2S/c1-5-10(3,7-11)9(13)12-8(2)6-15(4)14/h8H,5-6H2,1-4H3,(H,12,13). The third-order valence-corrected chi connectivity index (χ3v) is 3.29. The fourth-order valence-electron chi connectivity index (χ4n) is 1.07. The zero-order chi connectivity index (χ0) is 12.1. The topological polar surface area (TPSA) is 70.0 Å². The molecule has 0 spiro atoms. The molecule has 0 aliphatic carbocycles. The van der Waals surface area contributed by atoms with Gasteiger partial charge in [-0.05, 0) is 20.3 Å². The Hall–Kier alpha value is -0.890. The van der Waals surface area contributed by atoms with E-state index in [9.17, 15) is 9.00 Å². The van der Waals surface area contributed by atoms with E-state index in [4.69, 9.17) is 5.26 Å². The molecule has 0 fully saturated rings. The maximum atomic E-state index is 11.7. The van der Waals surface area contributed by atoms with E-state index >= 15 is 0 Å². The molecular weight excluding hydrogens is 212 g/mol. The molecule has 0 heterocycles. The smallest absolute Gasteiger partial charge is 0.240 e. The Morgan fingerprint density at radius 3 is 2.53 bits per heavy atom. The van der Waals surface area contributed by atoms with Crippen molar-refractivity contribution < 1.29 is 9.00 Å². The van der Waals surface area contributed by atoms with Crippen molar-refractivity contribution in [3.63, 3.8) is 0 Å². The Bertz CT molecular complexity index is 298. The second-order valence-electron chi connectivity index (χ2n) is 3.91. The highest BCUT2D eigenvalue weighted by molar-refractivity contribution is 7.84. The third kappa shape index (κ3) is 4.43. The van der Waals surface area contributed by atoms with E-state index in [0.717, 1.165) is 0 Å². The molecule has 0 rings (SSSR count). The fourth-order valence-corrected chi connectivity index (χ4v) is 1.85. The average molecular weight is 230 g/mol. The van der Waals surface area contributed by atoms with Crippen molar-refractivity contribution in [2.45, 2.75) is 33.2 Å². The van der Waals surface area contributed by atoms with E-state index in [1.165, 1.54) is 0 Å². The first-order chi connectivity index (χ1) is 6.85. The van der Waals surface area contributed by atoms with Crippen LogP contribution in [0.2, 0.25) is 0 Å². The Morgan fingerprint density at radius 1 is 1.67 bits per heavy atom. The van der Waals surface area contributed by atoms with E-state index in [0.29, 0.717) is 12.2 Å². The SMILES string of the molecule is CCC(C)(C#N)C(=O)NC(C)CS(C)=O. The molecule has 0 bridgehead atoms. The first-order valence-electron chi connectivity index (χ1n) is 4.88. The Morgan fingerprint density at radius 2 is 2.20 bits per heavy atom. The van der Waals surface area contributed by atoms with E-state index in [1.54, 1.807) is 27.0 Å². The van der Waals surface area contributed by atoms with Gasteiger partial charge in [-0.15, -0.1) is 0 Å². The highest BCUT2D eigenvalue weighted by Crippen LogP contribution is 2.19. The van der Waals surface area contributed by atoms with Gasteiger partial charge in [0.05, 0.1) is 6.07 Å². The van der Waals surface area contributed by atoms with Gasteiger partial charge in [-0.25, -0.2) is 0 Å². The van der Waals surface area contributed by atoms with Crippen LogP contribution in [0.25, 0.3) is 0 Å². The van der Waals surface area contributed by atoms with Crippen LogP contribution in [0.4, 0.5) is 0 Å². The molecule has 0 saturated heterocycles. The van der Waals surface area contributed by atoms with Gasteiger partial charge in [0.15, 0.2) is 0 Å². The summed E-state index contributed by atoms with van der Waals surface area (Å²) in [6.45, 7) is 5.19. The number of nitrogens with zero attached hydrogens (tertiary/aromatic N) is 1. The van der Waals surface area contributed by atoms with Crippen molar-refractivity contribution in [1.82, 2.24) is 5.32 Å². The van der Waals surface area contributed by atoms with Crippen LogP contribution in [0.3, 0.4) is 0 Å². The summed E-state index contributed by atoms with van der Waals surface area (Å²) in [6.07, 6.45) is 2.06. The van der Waals surface area contributed by atoms with Crippen molar-refractivity contribution >= 4 is 16.7 Å². The number of nitrogens with one attached hydrogen (secondary N) is 1. The number of hydrogen-bond acceptors (Lipinski definition) is 3. The molecule has 3 atom stereocenters. The van der Waals surface area contributed by atoms with Crippen LogP contribution in [0, 0.1) is 16.7 Å². The molecule has 1 amide bonds. The molecule has 0 radical (unpaired) electrons. The van der Waals surface area contributed by atoms with Crippen LogP contribution in [0.1, 0.15) is 27.2 Å². The first-order valence-corrected chi connectivity index (χ1v) is 6.60. The maximum Gasteiger partial charge on any atom is 0.240 e. The number of carbonyl (C=O) groups excluding carboxylic acids is 1. The number of carbonyl (C=O) groups is 1. The van der Waals surface area contributed by atoms with Crippen molar-refractivity contribution in [2.24, 2.45) is 5.41 Å². The average Bonchev–Trinajstić information content (AvgIpc) is 2.15. The molecule has 0 aromatic heterocycles. The van der Waals surface area contributed by atoms with Gasteiger partial charge in [0, 0.05) is 28.9 Å². The molecule has 86 valence electrons. The number of nitriles is 1. The number of amides is 1. The summed E-state index contributed by atoms with van der Waals surface area (Å²) in [5, 5.41) is 11.6. The number of hydrogen-bond donors (Lipinski definition) is 1. The predicted molar refractivity (Wildman–Crippen MR) is 60.5 cm³/mol. The van der Waals surface area contributed by atoms with Crippen molar-refractivity contribution in [2.75, 3.05) is 12.0 Å². The van der Waals surface area contributed by atoms with Gasteiger partial charge < -0.3 is 5.32 Å². The van der Waals surface area contributed by atoms with Crippen LogP contribution in [-0.2, 0) is 15.6 Å². The van der Waals surface area contributed by atoms with Crippen molar-refractivity contribution in [3.05, 3.63) is 0 Å². The van der Waals surface area contributed by atoms with E-state index < -0.39 is 16.2 Å². The highest BCUT2D eigenvalue weighted by atomic mass is 32.2. The molecule has 0 saturated carbocycles. The molecular formula is C10H18N2O2S. The minimum Gasteiger partial charge on any atom is -0.351 e. The van der Waals surface area contributed by atoms with Gasteiger partial charge in [-0.3, -0.25) is 9.00 Å². The second-order valence-corrected chi connectivity index (χ2v) is 5.39. The van der Waals surface area contributed by atoms with Crippen LogP contribution in [0.5, 0.6) is 0 Å². The largest absolute Gasteiger partial charge is 0.351 e. The summed E-state index contributed by atoms with van der Waals surface area (Å²) in [5.74, 6) is 0.127. The van der Waals surface area contributed by atoms with E-state index in [1.807, 2.05) is 6.07 Å². The first kappa shape index (κ1) is 14.1. The predicted octanol–water partition coefficient (Wildman–Crippen LogP) is 0.809. The lowest BCUT2D eigenvalue weighted by Crippen LogP contribution is -2.44. The molecule has 3 unspecified atom stereocenters. The lowest BCUT2D eigenvalue weighted by Gasteiger charge is -2.21. The molecule has 15 heavy (non-hydrogen) atoms. The van der Waals surface area contributed by atoms with Gasteiger partial charge >= 0.3 is 0 Å². The number of rotatable bonds is 5. The van der Waals surface area contributed by atoms with Crippen LogP contribution < -0.4 is 5.32 Å². The Kier molecular flexibility index (Phi) is 5.51. The lowest BCUT2D eigenvalue weighted by molar-refractivity contribution is -0.128. The quantitative estimate of drug-likeness (QED) is 0.759. The molecule has 5 heteroatoms. The molecule has 0 aliphatic heterocycles. The monoisotopic (exact) mass is 230 g/mol. The maximum absolute atomic E-state index is 11.7. The fraction of sp³-hybridized carbons (Fsp3) is 0.800. The van der Waals surface area contributed by atoms with Crippen molar-refractivity contribution in [1.29, 1.82) is 5.26 Å². The molecule has 0 aromatic carbocycles. The second kappa shape index (κ2) is 5.86. The summed E-state index contributed by atoms with van der Waals surface area (Å²) in [6, 6.07) is 1.83. The summed E-state index contributed by atoms with van der Waals surface area (Å²) in [4.78, 5) is 11.7. The van der Waals surface area contributed by atoms with Gasteiger partial charge in [-0.1, -0.05) is 6.92 Å². The minimum atomic E-state index is -0.983. The summed E-state index contributed by atoms with van der Waals surface area (Å²) in [5.41, 5.74) is -0.983. The van der Waals surface area contributed by atoms with Gasteiger partial charge in [0.25, 0.3) is 0 Å². The molecule has 4 nitrogen and oxygen atoms in total. The van der Waals surface area contributed by atoms with Crippen LogP contribution in [0.15, 0.2) is 0 Å². The third-order valence-electron chi connectivity index (χ3n) is 2.32. The zero-order valence-electron chi connectivity index (χ0n) is 9.66. The Labute approximate surface area is 93.5 Å². The molecule has 0 aliphatic rings. The van der Waals surface area contributed by atoms with Crippen molar-refractivity contribution in [3.8, 4) is 6.07 Å².